The zero-order chi connectivity index (χ0) is 21.9. The van der Waals surface area contributed by atoms with E-state index in [1.807, 2.05) is 0 Å². The third-order valence-electron chi connectivity index (χ3n) is 4.71. The molecule has 0 heterocycles. The topological polar surface area (TPSA) is 49.7 Å². The van der Waals surface area contributed by atoms with Crippen LogP contribution >= 0.6 is 46.4 Å². The van der Waals surface area contributed by atoms with Crippen LogP contribution in [0.1, 0.15) is 15.9 Å². The van der Waals surface area contributed by atoms with Crippen molar-refractivity contribution >= 4 is 69.7 Å². The van der Waals surface area contributed by atoms with Gasteiger partial charge in [-0.25, -0.2) is 18.2 Å². The number of ketones is 1. The number of hydrogen-bond donors (Lipinski definition) is 1. The van der Waals surface area contributed by atoms with Gasteiger partial charge in [0.05, 0.1) is 36.9 Å². The van der Waals surface area contributed by atoms with Crippen molar-refractivity contribution in [2.75, 3.05) is 0 Å². The van der Waals surface area contributed by atoms with Crippen molar-refractivity contribution < 1.29 is 23.1 Å². The minimum Gasteiger partial charge on any atom is -0.507 e. The maximum atomic E-state index is 15.3. The summed E-state index contributed by atoms with van der Waals surface area (Å²) in [4.78, 5) is 16.5. The normalized spacial score (nSPS) is 22.2. The predicted molar refractivity (Wildman–Crippen MR) is 112 cm³/mol. The van der Waals surface area contributed by atoms with E-state index in [1.54, 1.807) is 0 Å². The molecule has 4 rings (SSSR count). The molecule has 0 fully saturated rings. The van der Waals surface area contributed by atoms with Crippen LogP contribution in [0.25, 0.3) is 6.08 Å². The molecule has 2 aliphatic rings. The number of rotatable bonds is 1. The molecule has 10 heteroatoms. The van der Waals surface area contributed by atoms with Gasteiger partial charge in [0, 0.05) is 5.57 Å². The lowest BCUT2D eigenvalue weighted by atomic mass is 9.78. The Hall–Kier alpha value is -1.99. The van der Waals surface area contributed by atoms with Gasteiger partial charge >= 0.3 is 0 Å². The number of hydrogen-bond acceptors (Lipinski definition) is 3. The van der Waals surface area contributed by atoms with Crippen molar-refractivity contribution in [1.29, 1.82) is 0 Å². The zero-order valence-electron chi connectivity index (χ0n) is 14.5. The largest absolute Gasteiger partial charge is 0.507 e. The van der Waals surface area contributed by atoms with E-state index >= 15 is 4.39 Å². The minimum atomic E-state index is -2.69. The number of allylic oxidation sites excluding steroid dienone is 3. The van der Waals surface area contributed by atoms with Gasteiger partial charge < -0.3 is 5.11 Å². The van der Waals surface area contributed by atoms with Gasteiger partial charge in [-0.15, -0.1) is 0 Å². The molecule has 0 saturated carbocycles. The molecule has 154 valence electrons. The Morgan fingerprint density at radius 2 is 1.63 bits per heavy atom. The standard InChI is InChI=1S/C20H8Cl4F3NO2/c21-8-5-9(22)14(24)18(13(8)23)28-19-15(25)7-4-6-2-1-3-10(29)11(6)20(30)12(7)16(26)17(19)27/h1-5,15,17,29H. The predicted octanol–water partition coefficient (Wildman–Crippen LogP) is 7.27. The van der Waals surface area contributed by atoms with Gasteiger partial charge in [0.2, 0.25) is 0 Å². The number of alkyl halides is 2. The lowest BCUT2D eigenvalue weighted by Gasteiger charge is -2.29. The number of aliphatic imine (C=N–C) groups is 1. The molecule has 0 spiro atoms. The van der Waals surface area contributed by atoms with E-state index in [2.05, 4.69) is 4.99 Å². The van der Waals surface area contributed by atoms with Gasteiger partial charge in [-0.2, -0.15) is 0 Å². The first-order valence-corrected chi connectivity index (χ1v) is 9.82. The quantitative estimate of drug-likeness (QED) is 0.425. The highest BCUT2D eigenvalue weighted by Gasteiger charge is 2.45. The molecule has 2 aromatic carbocycles. The average molecular weight is 493 g/mol. The fourth-order valence-corrected chi connectivity index (χ4v) is 4.20. The summed E-state index contributed by atoms with van der Waals surface area (Å²) in [5.74, 6) is -2.98. The monoisotopic (exact) mass is 491 g/mol. The van der Waals surface area contributed by atoms with Gasteiger partial charge in [0.15, 0.2) is 24.0 Å². The summed E-state index contributed by atoms with van der Waals surface area (Å²) < 4.78 is 45.1. The second-order valence-corrected chi connectivity index (χ2v) is 8.04. The number of aromatic hydroxyl groups is 1. The molecule has 2 unspecified atom stereocenters. The van der Waals surface area contributed by atoms with Crippen LogP contribution in [0, 0.1) is 0 Å². The molecule has 2 atom stereocenters. The second kappa shape index (κ2) is 7.61. The van der Waals surface area contributed by atoms with Crippen molar-refractivity contribution in [3.8, 4) is 5.75 Å². The fraction of sp³-hybridized carbons (Fsp3) is 0.100. The van der Waals surface area contributed by atoms with Crippen molar-refractivity contribution in [3.63, 3.8) is 0 Å². The van der Waals surface area contributed by atoms with E-state index in [0.717, 1.165) is 6.08 Å². The molecule has 3 nitrogen and oxygen atoms in total. The summed E-state index contributed by atoms with van der Waals surface area (Å²) in [6.45, 7) is 0. The molecule has 0 aromatic heterocycles. The van der Waals surface area contributed by atoms with Crippen LogP contribution in [-0.4, -0.2) is 28.9 Å². The Morgan fingerprint density at radius 3 is 2.27 bits per heavy atom. The summed E-state index contributed by atoms with van der Waals surface area (Å²) >= 11 is 23.9. The number of benzene rings is 2. The first-order chi connectivity index (χ1) is 14.1. The van der Waals surface area contributed by atoms with Gasteiger partial charge in [-0.05, 0) is 23.8 Å². The molecule has 0 aliphatic heterocycles. The van der Waals surface area contributed by atoms with E-state index in [4.69, 9.17) is 46.4 Å². The molecule has 0 bridgehead atoms. The third-order valence-corrected chi connectivity index (χ3v) is 6.27. The van der Waals surface area contributed by atoms with E-state index in [9.17, 15) is 18.7 Å². The summed E-state index contributed by atoms with van der Waals surface area (Å²) in [6.07, 6.45) is -3.82. The maximum absolute atomic E-state index is 15.3. The van der Waals surface area contributed by atoms with Crippen molar-refractivity contribution in [1.82, 2.24) is 0 Å². The Kier molecular flexibility index (Phi) is 5.39. The van der Waals surface area contributed by atoms with Crippen molar-refractivity contribution in [3.05, 3.63) is 72.5 Å². The van der Waals surface area contributed by atoms with Crippen molar-refractivity contribution in [2.24, 2.45) is 4.99 Å². The van der Waals surface area contributed by atoms with E-state index in [-0.39, 0.29) is 36.9 Å². The van der Waals surface area contributed by atoms with Gasteiger partial charge in [-0.3, -0.25) is 4.79 Å². The number of carbonyl (C=O) groups is 1. The fourth-order valence-electron chi connectivity index (χ4n) is 3.31. The van der Waals surface area contributed by atoms with Crippen LogP contribution in [0.2, 0.25) is 20.1 Å². The SMILES string of the molecule is O=C1C2=C(F)C(F)C(=Nc3c(Cl)c(Cl)cc(Cl)c3Cl)C(F)C2=Cc2cccc(O)c21. The Morgan fingerprint density at radius 1 is 1.00 bits per heavy atom. The van der Waals surface area contributed by atoms with Crippen molar-refractivity contribution in [2.45, 2.75) is 12.3 Å². The number of fused-ring (bicyclic) bond motifs is 2. The average Bonchev–Trinajstić information content (AvgIpc) is 2.70. The summed E-state index contributed by atoms with van der Waals surface area (Å²) in [5, 5.41) is 9.35. The third kappa shape index (κ3) is 3.14. The molecule has 2 aromatic rings. The Bertz CT molecular complexity index is 1200. The summed E-state index contributed by atoms with van der Waals surface area (Å²) in [5.41, 5.74) is -2.52. The molecule has 0 radical (unpaired) electrons. The molecule has 0 saturated heterocycles. The van der Waals surface area contributed by atoms with E-state index < -0.39 is 46.6 Å². The highest BCUT2D eigenvalue weighted by Crippen LogP contribution is 2.46. The number of nitrogens with zero attached hydrogens (tertiary/aromatic N) is 1. The smallest absolute Gasteiger partial charge is 0.200 e. The first-order valence-electron chi connectivity index (χ1n) is 8.31. The molecule has 0 amide bonds. The van der Waals surface area contributed by atoms with E-state index in [1.165, 1.54) is 24.3 Å². The lowest BCUT2D eigenvalue weighted by Crippen LogP contribution is -2.37. The summed E-state index contributed by atoms with van der Waals surface area (Å²) in [7, 11) is 0. The number of Topliss-reactive ketones (excluding diaryl/α,β-unsaturated/α-hetero) is 1. The molecular formula is C20H8Cl4F3NO2. The van der Waals surface area contributed by atoms with Gasteiger partial charge in [0.25, 0.3) is 0 Å². The van der Waals surface area contributed by atoms with Crippen LogP contribution in [-0.2, 0) is 0 Å². The van der Waals surface area contributed by atoms with Crippen LogP contribution in [0.15, 0.2) is 46.2 Å². The number of phenols is 1. The highest BCUT2D eigenvalue weighted by molar-refractivity contribution is 6.50. The number of carbonyl (C=O) groups excluding carboxylic acids is 1. The van der Waals surface area contributed by atoms with E-state index in [0.29, 0.717) is 0 Å². The number of phenolic OH excluding ortho intramolecular Hbond substituents is 1. The van der Waals surface area contributed by atoms with Gasteiger partial charge in [0.1, 0.15) is 11.4 Å². The van der Waals surface area contributed by atoms with Crippen LogP contribution in [0.4, 0.5) is 18.9 Å². The molecule has 30 heavy (non-hydrogen) atoms. The molecule has 1 N–H and O–H groups in total. The second-order valence-electron chi connectivity index (χ2n) is 6.47. The van der Waals surface area contributed by atoms with Crippen LogP contribution < -0.4 is 0 Å². The maximum Gasteiger partial charge on any atom is 0.200 e. The Labute approximate surface area is 188 Å². The van der Waals surface area contributed by atoms with Crippen LogP contribution in [0.5, 0.6) is 5.75 Å². The molecular weight excluding hydrogens is 485 g/mol. The zero-order valence-corrected chi connectivity index (χ0v) is 17.5. The number of halogens is 7. The Balaban J connectivity index is 1.95. The van der Waals surface area contributed by atoms with Gasteiger partial charge in [-0.1, -0.05) is 58.5 Å². The highest BCUT2D eigenvalue weighted by atomic mass is 35.5. The lowest BCUT2D eigenvalue weighted by molar-refractivity contribution is 0.102. The molecule has 2 aliphatic carbocycles. The van der Waals surface area contributed by atoms with Crippen LogP contribution in [0.3, 0.4) is 0 Å². The minimum absolute atomic E-state index is 0.0693. The first kappa shape index (κ1) is 21.2. The summed E-state index contributed by atoms with van der Waals surface area (Å²) in [6, 6.07) is 5.31.